The molecule has 2 N–H and O–H groups in total. The number of hydrogen-bond acceptors (Lipinski definition) is 3. The predicted molar refractivity (Wildman–Crippen MR) is 105 cm³/mol. The van der Waals surface area contributed by atoms with E-state index in [4.69, 9.17) is 0 Å². The largest absolute Gasteiger partial charge is 0.309 e. The van der Waals surface area contributed by atoms with Crippen LogP contribution in [0.2, 0.25) is 0 Å². The van der Waals surface area contributed by atoms with Crippen molar-refractivity contribution in [3.63, 3.8) is 0 Å². The number of hydrogen-bond donors (Lipinski definition) is 2. The van der Waals surface area contributed by atoms with Crippen LogP contribution in [-0.4, -0.2) is 15.5 Å². The Balaban J connectivity index is 1.72. The molecule has 5 heteroatoms. The smallest absolute Gasteiger partial charge is 0.240 e. The average Bonchev–Trinajstić information content (AvgIpc) is 2.69. The minimum absolute atomic E-state index is 0.289. The van der Waals surface area contributed by atoms with E-state index in [-0.39, 0.29) is 4.90 Å². The van der Waals surface area contributed by atoms with Crippen molar-refractivity contribution in [1.29, 1.82) is 0 Å². The molecule has 0 spiro atoms. The van der Waals surface area contributed by atoms with Gasteiger partial charge in [0.05, 0.1) is 4.90 Å². The molecule has 0 aliphatic heterocycles. The zero-order valence-corrected chi connectivity index (χ0v) is 15.5. The van der Waals surface area contributed by atoms with Crippen molar-refractivity contribution in [3.05, 3.63) is 90.0 Å². The molecule has 4 nitrogen and oxygen atoms in total. The third-order valence-electron chi connectivity index (χ3n) is 4.21. The molecule has 26 heavy (non-hydrogen) atoms. The van der Waals surface area contributed by atoms with Crippen LogP contribution < -0.4 is 10.0 Å². The van der Waals surface area contributed by atoms with Crippen LogP contribution in [0.5, 0.6) is 0 Å². The summed E-state index contributed by atoms with van der Waals surface area (Å²) in [6.45, 7) is 1.57. The highest BCUT2D eigenvalue weighted by Gasteiger charge is 2.16. The first-order chi connectivity index (χ1) is 12.6. The van der Waals surface area contributed by atoms with E-state index >= 15 is 0 Å². The Hall–Kier alpha value is -2.47. The molecule has 0 radical (unpaired) electrons. The summed E-state index contributed by atoms with van der Waals surface area (Å²) in [7, 11) is -2.07. The van der Waals surface area contributed by atoms with Gasteiger partial charge < -0.3 is 5.32 Å². The molecule has 0 aliphatic carbocycles. The summed E-state index contributed by atoms with van der Waals surface area (Å²) in [5.41, 5.74) is 3.98. The standard InChI is InChI=1S/C21H22N2O2S/c1-22-26(24,25)21-10-6-5-9-20(21)19-13-11-18(12-14-19)16-23-15-17-7-3-2-4-8-17/h2-14,22-23H,15-16H2,1H3. The highest BCUT2D eigenvalue weighted by atomic mass is 32.2. The second kappa shape index (κ2) is 8.27. The summed E-state index contributed by atoms with van der Waals surface area (Å²) in [6.07, 6.45) is 0. The molecule has 3 aromatic rings. The van der Waals surface area contributed by atoms with Crippen molar-refractivity contribution in [2.75, 3.05) is 7.05 Å². The molecule has 0 bridgehead atoms. The predicted octanol–water partition coefficient (Wildman–Crippen LogP) is 3.55. The highest BCUT2D eigenvalue weighted by molar-refractivity contribution is 7.89. The van der Waals surface area contributed by atoms with Crippen LogP contribution >= 0.6 is 0 Å². The van der Waals surface area contributed by atoms with Crippen LogP contribution in [0.15, 0.2) is 83.8 Å². The van der Waals surface area contributed by atoms with Gasteiger partial charge in [-0.25, -0.2) is 13.1 Å². The number of rotatable bonds is 7. The van der Waals surface area contributed by atoms with Gasteiger partial charge in [-0.2, -0.15) is 0 Å². The van der Waals surface area contributed by atoms with Crippen molar-refractivity contribution in [2.24, 2.45) is 0 Å². The van der Waals surface area contributed by atoms with E-state index in [0.717, 1.165) is 24.2 Å². The van der Waals surface area contributed by atoms with Gasteiger partial charge in [0.15, 0.2) is 0 Å². The monoisotopic (exact) mass is 366 g/mol. The third-order valence-corrected chi connectivity index (χ3v) is 5.68. The van der Waals surface area contributed by atoms with E-state index in [1.54, 1.807) is 12.1 Å². The number of benzene rings is 3. The van der Waals surface area contributed by atoms with Gasteiger partial charge in [0.1, 0.15) is 0 Å². The normalized spacial score (nSPS) is 11.4. The molecule has 3 rings (SSSR count). The first kappa shape index (κ1) is 18.3. The molecule has 0 aliphatic rings. The quantitative estimate of drug-likeness (QED) is 0.672. The van der Waals surface area contributed by atoms with E-state index in [1.807, 2.05) is 54.6 Å². The SMILES string of the molecule is CNS(=O)(=O)c1ccccc1-c1ccc(CNCc2ccccc2)cc1. The fourth-order valence-corrected chi connectivity index (χ4v) is 3.75. The average molecular weight is 366 g/mol. The lowest BCUT2D eigenvalue weighted by Crippen LogP contribution is -2.19. The van der Waals surface area contributed by atoms with Gasteiger partial charge in [0.25, 0.3) is 0 Å². The fraction of sp³-hybridized carbons (Fsp3) is 0.143. The van der Waals surface area contributed by atoms with Crippen LogP contribution in [0.3, 0.4) is 0 Å². The van der Waals surface area contributed by atoms with E-state index in [2.05, 4.69) is 22.2 Å². The summed E-state index contributed by atoms with van der Waals surface area (Å²) in [5, 5.41) is 3.42. The fourth-order valence-electron chi connectivity index (χ4n) is 2.80. The van der Waals surface area contributed by atoms with Crippen molar-refractivity contribution in [1.82, 2.24) is 10.0 Å². The summed E-state index contributed by atoms with van der Waals surface area (Å²) in [5.74, 6) is 0. The lowest BCUT2D eigenvalue weighted by atomic mass is 10.0. The van der Waals surface area contributed by atoms with E-state index in [0.29, 0.717) is 5.56 Å². The Labute approximate surface area is 155 Å². The zero-order valence-electron chi connectivity index (χ0n) is 14.6. The molecule has 0 atom stereocenters. The molecule has 0 unspecified atom stereocenters. The molecule has 0 heterocycles. The first-order valence-electron chi connectivity index (χ1n) is 8.47. The van der Waals surface area contributed by atoms with Crippen molar-refractivity contribution < 1.29 is 8.42 Å². The molecule has 0 aromatic heterocycles. The molecule has 134 valence electrons. The molecule has 0 fully saturated rings. The second-order valence-corrected chi connectivity index (χ2v) is 7.84. The molecular weight excluding hydrogens is 344 g/mol. The van der Waals surface area contributed by atoms with Gasteiger partial charge in [-0.15, -0.1) is 0 Å². The lowest BCUT2D eigenvalue weighted by molar-refractivity contribution is 0.588. The molecule has 0 amide bonds. The highest BCUT2D eigenvalue weighted by Crippen LogP contribution is 2.27. The third kappa shape index (κ3) is 4.38. The van der Waals surface area contributed by atoms with Crippen LogP contribution in [0, 0.1) is 0 Å². The van der Waals surface area contributed by atoms with E-state index in [9.17, 15) is 8.42 Å². The minimum atomic E-state index is -3.49. The van der Waals surface area contributed by atoms with Crippen LogP contribution in [0.25, 0.3) is 11.1 Å². The molecule has 0 saturated heterocycles. The van der Waals surface area contributed by atoms with Crippen LogP contribution in [0.4, 0.5) is 0 Å². The van der Waals surface area contributed by atoms with Gasteiger partial charge >= 0.3 is 0 Å². The summed E-state index contributed by atoms with van der Waals surface area (Å²) in [6, 6.07) is 25.3. The molecule has 3 aromatic carbocycles. The summed E-state index contributed by atoms with van der Waals surface area (Å²) in [4.78, 5) is 0.289. The summed E-state index contributed by atoms with van der Waals surface area (Å²) >= 11 is 0. The Morgan fingerprint density at radius 1 is 0.731 bits per heavy atom. The van der Waals surface area contributed by atoms with Crippen LogP contribution in [0.1, 0.15) is 11.1 Å². The van der Waals surface area contributed by atoms with Gasteiger partial charge in [0, 0.05) is 18.7 Å². The maximum Gasteiger partial charge on any atom is 0.240 e. The summed E-state index contributed by atoms with van der Waals surface area (Å²) < 4.78 is 26.8. The second-order valence-electron chi connectivity index (χ2n) is 5.99. The Morgan fingerprint density at radius 2 is 1.31 bits per heavy atom. The Kier molecular flexibility index (Phi) is 5.83. The van der Waals surface area contributed by atoms with Crippen molar-refractivity contribution in [2.45, 2.75) is 18.0 Å². The van der Waals surface area contributed by atoms with Gasteiger partial charge in [0.2, 0.25) is 10.0 Å². The number of sulfonamides is 1. The van der Waals surface area contributed by atoms with Crippen molar-refractivity contribution in [3.8, 4) is 11.1 Å². The minimum Gasteiger partial charge on any atom is -0.309 e. The van der Waals surface area contributed by atoms with E-state index in [1.165, 1.54) is 12.6 Å². The lowest BCUT2D eigenvalue weighted by Gasteiger charge is -2.11. The molecular formula is C21H22N2O2S. The van der Waals surface area contributed by atoms with Gasteiger partial charge in [-0.1, -0.05) is 72.8 Å². The van der Waals surface area contributed by atoms with Gasteiger partial charge in [-0.05, 0) is 29.8 Å². The maximum atomic E-state index is 12.2. The first-order valence-corrected chi connectivity index (χ1v) is 9.95. The van der Waals surface area contributed by atoms with E-state index < -0.39 is 10.0 Å². The Bertz CT molecular complexity index is 953. The van der Waals surface area contributed by atoms with Gasteiger partial charge in [-0.3, -0.25) is 0 Å². The number of nitrogens with one attached hydrogen (secondary N) is 2. The van der Waals surface area contributed by atoms with Crippen molar-refractivity contribution >= 4 is 10.0 Å². The zero-order chi connectivity index (χ0) is 18.4. The maximum absolute atomic E-state index is 12.2. The molecule has 0 saturated carbocycles. The van der Waals surface area contributed by atoms with Crippen LogP contribution in [-0.2, 0) is 23.1 Å². The Morgan fingerprint density at radius 3 is 1.96 bits per heavy atom. The topological polar surface area (TPSA) is 58.2 Å².